The number of hydrogen-bond acceptors (Lipinski definition) is 3. The Kier molecular flexibility index (Phi) is 4.52. The molecule has 4 rings (SSSR count). The average Bonchev–Trinajstić information content (AvgIpc) is 2.98. The van der Waals surface area contributed by atoms with Crippen LogP contribution >= 0.6 is 0 Å². The summed E-state index contributed by atoms with van der Waals surface area (Å²) in [7, 11) is 0. The van der Waals surface area contributed by atoms with E-state index in [-0.39, 0.29) is 18.3 Å². The number of aliphatic hydroxyl groups excluding tert-OH is 2. The first-order chi connectivity index (χ1) is 13.9. The monoisotopic (exact) mass is 385 g/mol. The number of aliphatic hydroxyl groups is 2. The van der Waals surface area contributed by atoms with Gasteiger partial charge in [-0.25, -0.2) is 0 Å². The van der Waals surface area contributed by atoms with Crippen LogP contribution in [0.1, 0.15) is 29.3 Å². The zero-order valence-corrected chi connectivity index (χ0v) is 16.8. The van der Waals surface area contributed by atoms with Crippen molar-refractivity contribution in [1.82, 2.24) is 4.57 Å². The zero-order chi connectivity index (χ0) is 20.9. The Morgan fingerprint density at radius 3 is 2.34 bits per heavy atom. The van der Waals surface area contributed by atoms with E-state index in [1.807, 2.05) is 69.3 Å². The molecule has 2 aromatic carbocycles. The molecule has 0 amide bonds. The van der Waals surface area contributed by atoms with Crippen LogP contribution in [0.2, 0.25) is 0 Å². The average molecular weight is 385 g/mol. The van der Waals surface area contributed by atoms with Crippen molar-refractivity contribution in [2.24, 2.45) is 0 Å². The number of allylic oxidation sites excluding steroid dienone is 4. The van der Waals surface area contributed by atoms with E-state index in [1.165, 1.54) is 0 Å². The van der Waals surface area contributed by atoms with Crippen LogP contribution in [0.3, 0.4) is 0 Å². The lowest BCUT2D eigenvalue weighted by molar-refractivity contribution is -0.111. The third-order valence-electron chi connectivity index (χ3n) is 5.64. The van der Waals surface area contributed by atoms with Crippen molar-refractivity contribution in [1.29, 1.82) is 0 Å². The van der Waals surface area contributed by atoms with Gasteiger partial charge in [0.15, 0.2) is 0 Å². The van der Waals surface area contributed by atoms with Gasteiger partial charge in [-0.1, -0.05) is 49.0 Å². The van der Waals surface area contributed by atoms with Crippen LogP contribution in [0.25, 0.3) is 22.0 Å². The van der Waals surface area contributed by atoms with Gasteiger partial charge in [-0.3, -0.25) is 4.79 Å². The number of benzene rings is 2. The highest BCUT2D eigenvalue weighted by Crippen LogP contribution is 2.46. The number of carbonyl (C=O) groups is 1. The minimum absolute atomic E-state index is 0.0137. The summed E-state index contributed by atoms with van der Waals surface area (Å²) >= 11 is 0. The molecule has 0 saturated carbocycles. The van der Waals surface area contributed by atoms with Gasteiger partial charge in [-0.05, 0) is 49.1 Å². The Bertz CT molecular complexity index is 1250. The molecule has 0 spiro atoms. The smallest absolute Gasteiger partial charge is 0.201 e. The van der Waals surface area contributed by atoms with Gasteiger partial charge in [-0.2, -0.15) is 0 Å². The maximum atomic E-state index is 13.3. The van der Waals surface area contributed by atoms with Crippen molar-refractivity contribution in [2.45, 2.75) is 27.5 Å². The van der Waals surface area contributed by atoms with Gasteiger partial charge < -0.3 is 14.8 Å². The molecule has 4 heteroatoms. The largest absolute Gasteiger partial charge is 0.506 e. The minimum atomic E-state index is -0.201. The molecule has 0 saturated heterocycles. The second-order valence-electron chi connectivity index (χ2n) is 7.44. The summed E-state index contributed by atoms with van der Waals surface area (Å²) in [5.41, 5.74) is 6.16. The molecule has 0 aliphatic heterocycles. The van der Waals surface area contributed by atoms with Crippen molar-refractivity contribution in [3.8, 4) is 0 Å². The Hall–Kier alpha value is -3.37. The number of hydrogen-bond donors (Lipinski definition) is 2. The first kappa shape index (κ1) is 19.0. The van der Waals surface area contributed by atoms with Crippen LogP contribution in [-0.4, -0.2) is 20.6 Å². The minimum Gasteiger partial charge on any atom is -0.506 e. The molecule has 146 valence electrons. The standard InChI is InChI=1S/C25H23NO3/c1-14(2)20(17-10-6-5-9-15(17)3)22-24(28)23(25(22)29)21-16(4)26(13-27)19-12-8-7-11-18(19)21/h5-12,27-28H,1,13H2,2-4H3/b22-20+. The number of nitrogens with zero attached hydrogens (tertiary/aromatic N) is 1. The number of carbonyl (C=O) groups excluding carboxylic acids is 1. The van der Waals surface area contributed by atoms with Gasteiger partial charge in [0.05, 0.1) is 16.7 Å². The molecular weight excluding hydrogens is 362 g/mol. The fraction of sp³-hybridized carbons (Fsp3) is 0.160. The van der Waals surface area contributed by atoms with Gasteiger partial charge in [0.2, 0.25) is 5.78 Å². The first-order valence-electron chi connectivity index (χ1n) is 9.52. The highest BCUT2D eigenvalue weighted by atomic mass is 16.3. The maximum absolute atomic E-state index is 13.3. The van der Waals surface area contributed by atoms with E-state index < -0.39 is 0 Å². The maximum Gasteiger partial charge on any atom is 0.201 e. The van der Waals surface area contributed by atoms with Gasteiger partial charge in [0.25, 0.3) is 0 Å². The summed E-state index contributed by atoms with van der Waals surface area (Å²) in [5, 5.41) is 21.7. The molecule has 2 N–H and O–H groups in total. The number of ketones is 1. The Morgan fingerprint density at radius 1 is 1.07 bits per heavy atom. The van der Waals surface area contributed by atoms with E-state index in [9.17, 15) is 15.0 Å². The summed E-state index contributed by atoms with van der Waals surface area (Å²) in [5.74, 6) is -0.215. The molecule has 1 aromatic heterocycles. The third-order valence-corrected chi connectivity index (χ3v) is 5.64. The quantitative estimate of drug-likeness (QED) is 0.615. The summed E-state index contributed by atoms with van der Waals surface area (Å²) in [4.78, 5) is 13.3. The van der Waals surface area contributed by atoms with Crippen LogP contribution in [0, 0.1) is 13.8 Å². The Balaban J connectivity index is 2.00. The highest BCUT2D eigenvalue weighted by Gasteiger charge is 2.40. The van der Waals surface area contributed by atoms with Crippen molar-refractivity contribution >= 4 is 27.8 Å². The molecule has 0 atom stereocenters. The van der Waals surface area contributed by atoms with Crippen LogP contribution in [0.15, 0.2) is 72.0 Å². The van der Waals surface area contributed by atoms with Crippen LogP contribution < -0.4 is 0 Å². The molecule has 0 bridgehead atoms. The summed E-state index contributed by atoms with van der Waals surface area (Å²) in [6.07, 6.45) is 0. The number of aryl methyl sites for hydroxylation is 1. The second kappa shape index (κ2) is 6.90. The fourth-order valence-corrected chi connectivity index (χ4v) is 4.23. The van der Waals surface area contributed by atoms with Crippen LogP contribution in [0.5, 0.6) is 0 Å². The van der Waals surface area contributed by atoms with Gasteiger partial charge in [0.1, 0.15) is 12.5 Å². The SMILES string of the molecule is C=C(C)/C(=C1\C(=O)C(c2c(C)n(CO)c3ccccc23)=C1O)c1ccccc1C. The molecule has 1 aliphatic rings. The third kappa shape index (κ3) is 2.68. The van der Waals surface area contributed by atoms with E-state index >= 15 is 0 Å². The van der Waals surface area contributed by atoms with Gasteiger partial charge in [-0.15, -0.1) is 0 Å². The van der Waals surface area contributed by atoms with E-state index in [0.29, 0.717) is 22.3 Å². The molecule has 0 radical (unpaired) electrons. The van der Waals surface area contributed by atoms with E-state index in [0.717, 1.165) is 33.3 Å². The molecule has 0 unspecified atom stereocenters. The van der Waals surface area contributed by atoms with Crippen molar-refractivity contribution in [2.75, 3.05) is 0 Å². The summed E-state index contributed by atoms with van der Waals surface area (Å²) in [6, 6.07) is 15.3. The van der Waals surface area contributed by atoms with Crippen LogP contribution in [0.4, 0.5) is 0 Å². The predicted molar refractivity (Wildman–Crippen MR) is 116 cm³/mol. The number of fused-ring (bicyclic) bond motifs is 1. The molecule has 1 aliphatic carbocycles. The van der Waals surface area contributed by atoms with E-state index in [2.05, 4.69) is 6.58 Å². The number of aromatic nitrogens is 1. The zero-order valence-electron chi connectivity index (χ0n) is 16.8. The van der Waals surface area contributed by atoms with E-state index in [1.54, 1.807) is 4.57 Å². The normalized spacial score (nSPS) is 15.7. The fourth-order valence-electron chi connectivity index (χ4n) is 4.23. The lowest BCUT2D eigenvalue weighted by Gasteiger charge is -2.26. The van der Waals surface area contributed by atoms with Crippen molar-refractivity contribution in [3.63, 3.8) is 0 Å². The molecule has 3 aromatic rings. The number of para-hydroxylation sites is 1. The lowest BCUT2D eigenvalue weighted by atomic mass is 9.76. The molecule has 1 heterocycles. The van der Waals surface area contributed by atoms with Crippen molar-refractivity contribution < 1.29 is 15.0 Å². The Morgan fingerprint density at radius 2 is 1.72 bits per heavy atom. The van der Waals surface area contributed by atoms with Gasteiger partial charge in [0, 0.05) is 16.6 Å². The lowest BCUT2D eigenvalue weighted by Crippen LogP contribution is -2.23. The van der Waals surface area contributed by atoms with E-state index in [4.69, 9.17) is 0 Å². The molecule has 29 heavy (non-hydrogen) atoms. The first-order valence-corrected chi connectivity index (χ1v) is 9.52. The predicted octanol–water partition coefficient (Wildman–Crippen LogP) is 5.09. The summed E-state index contributed by atoms with van der Waals surface area (Å²) < 4.78 is 1.74. The molecular formula is C25H23NO3. The number of Topliss-reactive ketones (excluding diaryl/α,β-unsaturated/α-hetero) is 1. The summed E-state index contributed by atoms with van der Waals surface area (Å²) in [6.45, 7) is 9.52. The van der Waals surface area contributed by atoms with Crippen molar-refractivity contribution in [3.05, 3.63) is 94.4 Å². The Labute approximate surface area is 169 Å². The molecule has 0 fully saturated rings. The number of rotatable bonds is 4. The second-order valence-corrected chi connectivity index (χ2v) is 7.44. The topological polar surface area (TPSA) is 62.5 Å². The highest BCUT2D eigenvalue weighted by molar-refractivity contribution is 6.43. The van der Waals surface area contributed by atoms with Crippen LogP contribution in [-0.2, 0) is 11.5 Å². The molecule has 4 nitrogen and oxygen atoms in total. The van der Waals surface area contributed by atoms with Gasteiger partial charge >= 0.3 is 0 Å².